The maximum Gasteiger partial charge on any atom is 0.0434 e. The molecule has 10 aromatic rings. The van der Waals surface area contributed by atoms with Gasteiger partial charge in [0.15, 0.2) is 0 Å². The van der Waals surface area contributed by atoms with Gasteiger partial charge in [0, 0.05) is 60.5 Å². The quantitative estimate of drug-likeness (QED) is 0.183. The molecule has 0 aliphatic rings. The lowest BCUT2D eigenvalue weighted by molar-refractivity contribution is 1.73. The van der Waals surface area contributed by atoms with Crippen LogP contribution in [0.5, 0.6) is 0 Å². The summed E-state index contributed by atoms with van der Waals surface area (Å²) in [5.74, 6) is 0. The summed E-state index contributed by atoms with van der Waals surface area (Å²) in [7, 11) is 0. The molecule has 190 valence electrons. The highest BCUT2D eigenvalue weighted by Crippen LogP contribution is 2.46. The molecule has 41 heavy (non-hydrogen) atoms. The Morgan fingerprint density at radius 1 is 0.341 bits per heavy atom. The molecule has 0 unspecified atom stereocenters. The van der Waals surface area contributed by atoms with Crippen LogP contribution < -0.4 is 0 Å². The van der Waals surface area contributed by atoms with Crippen LogP contribution in [-0.4, -0.2) is 0 Å². The van der Waals surface area contributed by atoms with Crippen molar-refractivity contribution in [3.05, 3.63) is 121 Å². The molecule has 3 aromatic heterocycles. The van der Waals surface area contributed by atoms with E-state index in [1.165, 1.54) is 93.2 Å². The minimum Gasteiger partial charge on any atom is -0.135 e. The maximum atomic E-state index is 2.43. The SMILES string of the molecule is c1ccc2c(c1)ccc1c2sc2ccc3ccc(-c4cccc5c4sc4cc6c(cc45)sc4ccccc46)cc3c21. The van der Waals surface area contributed by atoms with Crippen molar-refractivity contribution in [1.29, 1.82) is 0 Å². The summed E-state index contributed by atoms with van der Waals surface area (Å²) >= 11 is 5.75. The summed E-state index contributed by atoms with van der Waals surface area (Å²) in [6, 6.07) is 45.5. The van der Waals surface area contributed by atoms with Crippen LogP contribution in [0.15, 0.2) is 121 Å². The first-order valence-electron chi connectivity index (χ1n) is 13.8. The Morgan fingerprint density at radius 2 is 1.05 bits per heavy atom. The summed E-state index contributed by atoms with van der Waals surface area (Å²) in [4.78, 5) is 0. The number of fused-ring (bicyclic) bond motifs is 13. The fraction of sp³-hybridized carbons (Fsp3) is 0. The first-order chi connectivity index (χ1) is 20.3. The molecule has 0 atom stereocenters. The lowest BCUT2D eigenvalue weighted by Gasteiger charge is -2.08. The third kappa shape index (κ3) is 3.09. The van der Waals surface area contributed by atoms with Crippen LogP contribution in [0.1, 0.15) is 0 Å². The molecule has 0 amide bonds. The summed E-state index contributed by atoms with van der Waals surface area (Å²) in [6.45, 7) is 0. The monoisotopic (exact) mass is 572 g/mol. The lowest BCUT2D eigenvalue weighted by Crippen LogP contribution is -1.81. The number of benzene rings is 7. The number of hydrogen-bond donors (Lipinski definition) is 0. The predicted octanol–water partition coefficient (Wildman–Crippen LogP) is 12.8. The molecule has 7 aromatic carbocycles. The summed E-state index contributed by atoms with van der Waals surface area (Å²) in [5.41, 5.74) is 2.61. The Hall–Kier alpha value is -4.28. The van der Waals surface area contributed by atoms with Gasteiger partial charge in [-0.1, -0.05) is 91.0 Å². The van der Waals surface area contributed by atoms with E-state index in [-0.39, 0.29) is 0 Å². The van der Waals surface area contributed by atoms with Gasteiger partial charge in [0.2, 0.25) is 0 Å². The molecular formula is C38H20S3. The van der Waals surface area contributed by atoms with Crippen LogP contribution in [0.2, 0.25) is 0 Å². The third-order valence-electron chi connectivity index (χ3n) is 8.65. The highest BCUT2D eigenvalue weighted by molar-refractivity contribution is 7.28. The molecule has 0 nitrogen and oxygen atoms in total. The van der Waals surface area contributed by atoms with Crippen LogP contribution >= 0.6 is 34.0 Å². The van der Waals surface area contributed by atoms with E-state index in [9.17, 15) is 0 Å². The van der Waals surface area contributed by atoms with E-state index in [4.69, 9.17) is 0 Å². The Bertz CT molecular complexity index is 2700. The zero-order valence-corrected chi connectivity index (χ0v) is 24.2. The van der Waals surface area contributed by atoms with E-state index in [1.54, 1.807) is 0 Å². The fourth-order valence-electron chi connectivity index (χ4n) is 6.73. The fourth-order valence-corrected chi connectivity index (χ4v) is 10.4. The summed E-state index contributed by atoms with van der Waals surface area (Å²) < 4.78 is 8.21. The van der Waals surface area contributed by atoms with Crippen LogP contribution in [0, 0.1) is 0 Å². The molecule has 0 aliphatic carbocycles. The largest absolute Gasteiger partial charge is 0.135 e. The highest BCUT2D eigenvalue weighted by Gasteiger charge is 2.16. The molecular weight excluding hydrogens is 553 g/mol. The minimum atomic E-state index is 1.29. The third-order valence-corrected chi connectivity index (χ3v) is 12.2. The predicted molar refractivity (Wildman–Crippen MR) is 186 cm³/mol. The lowest BCUT2D eigenvalue weighted by atomic mass is 9.96. The van der Waals surface area contributed by atoms with E-state index < -0.39 is 0 Å². The zero-order valence-electron chi connectivity index (χ0n) is 21.8. The standard InChI is InChI=1S/C38H20S3/c1-2-7-24-21(6-1)14-16-28-36-29-18-23(13-12-22(29)15-17-33(36)40-38(24)28)25-9-5-10-27-31-20-34-30(19-35(31)41-37(25)27)26-8-3-4-11-32(26)39-34/h1-20H. The van der Waals surface area contributed by atoms with E-state index in [1.807, 2.05) is 34.0 Å². The van der Waals surface area contributed by atoms with Crippen LogP contribution in [0.3, 0.4) is 0 Å². The first-order valence-corrected chi connectivity index (χ1v) is 16.3. The van der Waals surface area contributed by atoms with Crippen molar-refractivity contribution in [2.45, 2.75) is 0 Å². The summed E-state index contributed by atoms with van der Waals surface area (Å²) in [5, 5.41) is 13.5. The minimum absolute atomic E-state index is 1.29. The van der Waals surface area contributed by atoms with Gasteiger partial charge in [0.1, 0.15) is 0 Å². The Labute approximate surface area is 247 Å². The van der Waals surface area contributed by atoms with Gasteiger partial charge < -0.3 is 0 Å². The summed E-state index contributed by atoms with van der Waals surface area (Å²) in [6.07, 6.45) is 0. The van der Waals surface area contributed by atoms with Crippen molar-refractivity contribution in [3.8, 4) is 11.1 Å². The van der Waals surface area contributed by atoms with E-state index >= 15 is 0 Å². The topological polar surface area (TPSA) is 0 Å². The van der Waals surface area contributed by atoms with Gasteiger partial charge in [-0.15, -0.1) is 34.0 Å². The van der Waals surface area contributed by atoms with Crippen molar-refractivity contribution in [3.63, 3.8) is 0 Å². The van der Waals surface area contributed by atoms with E-state index in [0.29, 0.717) is 0 Å². The van der Waals surface area contributed by atoms with Gasteiger partial charge >= 0.3 is 0 Å². The van der Waals surface area contributed by atoms with Crippen LogP contribution in [-0.2, 0) is 0 Å². The molecule has 0 aliphatic heterocycles. The molecule has 0 N–H and O–H groups in total. The van der Waals surface area contributed by atoms with Gasteiger partial charge in [-0.05, 0) is 63.0 Å². The second-order valence-electron chi connectivity index (χ2n) is 10.9. The molecule has 0 saturated carbocycles. The molecule has 0 saturated heterocycles. The van der Waals surface area contributed by atoms with Crippen molar-refractivity contribution in [2.75, 3.05) is 0 Å². The Balaban J connectivity index is 1.24. The van der Waals surface area contributed by atoms with Gasteiger partial charge in [0.25, 0.3) is 0 Å². The second kappa shape index (κ2) is 8.14. The maximum absolute atomic E-state index is 2.43. The van der Waals surface area contributed by atoms with Crippen LogP contribution in [0.4, 0.5) is 0 Å². The molecule has 0 radical (unpaired) electrons. The van der Waals surface area contributed by atoms with Crippen molar-refractivity contribution in [2.24, 2.45) is 0 Å². The molecule has 10 rings (SSSR count). The van der Waals surface area contributed by atoms with Crippen LogP contribution in [0.25, 0.3) is 93.2 Å². The van der Waals surface area contributed by atoms with Gasteiger partial charge in [-0.25, -0.2) is 0 Å². The first kappa shape index (κ1) is 22.4. The number of rotatable bonds is 1. The molecule has 0 spiro atoms. The van der Waals surface area contributed by atoms with Crippen molar-refractivity contribution < 1.29 is 0 Å². The van der Waals surface area contributed by atoms with Gasteiger partial charge in [0.05, 0.1) is 0 Å². The molecule has 3 heterocycles. The molecule has 3 heteroatoms. The Kier molecular flexibility index (Phi) is 4.45. The second-order valence-corrected chi connectivity index (χ2v) is 14.1. The van der Waals surface area contributed by atoms with Gasteiger partial charge in [-0.3, -0.25) is 0 Å². The normalized spacial score (nSPS) is 12.4. The van der Waals surface area contributed by atoms with Crippen molar-refractivity contribution in [1.82, 2.24) is 0 Å². The van der Waals surface area contributed by atoms with Gasteiger partial charge in [-0.2, -0.15) is 0 Å². The zero-order chi connectivity index (χ0) is 26.7. The average Bonchev–Trinajstić information content (AvgIpc) is 3.70. The van der Waals surface area contributed by atoms with Crippen molar-refractivity contribution >= 4 is 116 Å². The smallest absolute Gasteiger partial charge is 0.0434 e. The Morgan fingerprint density at radius 3 is 2.00 bits per heavy atom. The average molecular weight is 573 g/mol. The van der Waals surface area contributed by atoms with E-state index in [2.05, 4.69) is 121 Å². The highest BCUT2D eigenvalue weighted by atomic mass is 32.1. The van der Waals surface area contributed by atoms with E-state index in [0.717, 1.165) is 0 Å². The number of hydrogen-bond acceptors (Lipinski definition) is 3. The number of thiophene rings is 3. The molecule has 0 bridgehead atoms. The molecule has 0 fully saturated rings.